The van der Waals surface area contributed by atoms with Gasteiger partial charge in [0.1, 0.15) is 11.6 Å². The van der Waals surface area contributed by atoms with Gasteiger partial charge in [0.25, 0.3) is 0 Å². The number of anilines is 1. The van der Waals surface area contributed by atoms with Gasteiger partial charge in [0.05, 0.1) is 5.69 Å². The average Bonchev–Trinajstić information content (AvgIpc) is 2.61. The number of aliphatic carboxylic acids is 1. The number of nitrogens with one attached hydrogen (secondary N) is 1. The van der Waals surface area contributed by atoms with E-state index >= 15 is 0 Å². The Morgan fingerprint density at radius 2 is 2.17 bits per heavy atom. The highest BCUT2D eigenvalue weighted by molar-refractivity contribution is 7.13. The van der Waals surface area contributed by atoms with Crippen molar-refractivity contribution in [1.82, 2.24) is 4.98 Å². The molecule has 0 radical (unpaired) electrons. The molecule has 0 spiro atoms. The van der Waals surface area contributed by atoms with E-state index in [9.17, 15) is 9.59 Å². The minimum absolute atomic E-state index is 0.193. The topological polar surface area (TPSA) is 115 Å². The van der Waals surface area contributed by atoms with Gasteiger partial charge in [-0.15, -0.1) is 11.3 Å². The van der Waals surface area contributed by atoms with E-state index in [2.05, 4.69) is 10.3 Å². The molecule has 1 heterocycles. The summed E-state index contributed by atoms with van der Waals surface area (Å²) in [6.07, 6.45) is -0.646. The first-order valence-electron chi connectivity index (χ1n) is 5.13. The van der Waals surface area contributed by atoms with Crippen LogP contribution >= 0.6 is 11.3 Å². The first kappa shape index (κ1) is 14.4. The molecule has 0 saturated carbocycles. The van der Waals surface area contributed by atoms with Gasteiger partial charge in [0.2, 0.25) is 0 Å². The zero-order chi connectivity index (χ0) is 13.9. The number of amides is 1. The fraction of sp³-hybridized carbons (Fsp3) is 0.500. The average molecular weight is 273 g/mol. The number of nitrogens with two attached hydrogens (primary N) is 1. The van der Waals surface area contributed by atoms with Crippen molar-refractivity contribution in [2.45, 2.75) is 32.4 Å². The van der Waals surface area contributed by atoms with Gasteiger partial charge >= 0.3 is 12.1 Å². The molecule has 1 amide bonds. The van der Waals surface area contributed by atoms with Crippen LogP contribution in [0.4, 0.5) is 9.93 Å². The van der Waals surface area contributed by atoms with Crippen molar-refractivity contribution in [2.24, 2.45) is 5.73 Å². The van der Waals surface area contributed by atoms with Crippen LogP contribution in [0.1, 0.15) is 32.5 Å². The maximum atomic E-state index is 11.4. The first-order valence-corrected chi connectivity index (χ1v) is 6.01. The van der Waals surface area contributed by atoms with Crippen LogP contribution in [-0.2, 0) is 9.53 Å². The molecule has 0 aliphatic carbocycles. The van der Waals surface area contributed by atoms with Crippen molar-refractivity contribution in [1.29, 1.82) is 0 Å². The molecule has 0 unspecified atom stereocenters. The Bertz CT molecular complexity index is 452. The second-order valence-electron chi connectivity index (χ2n) is 4.52. The highest BCUT2D eigenvalue weighted by Gasteiger charge is 2.20. The number of nitrogens with zero attached hydrogens (tertiary/aromatic N) is 1. The fourth-order valence-corrected chi connectivity index (χ4v) is 1.74. The van der Waals surface area contributed by atoms with E-state index in [0.29, 0.717) is 0 Å². The SMILES string of the molecule is CC(C)(C)OC(=O)Nc1nc([C@@H](N)C(=O)O)cs1. The lowest BCUT2D eigenvalue weighted by molar-refractivity contribution is -0.138. The van der Waals surface area contributed by atoms with Crippen molar-refractivity contribution in [3.05, 3.63) is 11.1 Å². The molecule has 18 heavy (non-hydrogen) atoms. The molecular weight excluding hydrogens is 258 g/mol. The van der Waals surface area contributed by atoms with Crippen LogP contribution < -0.4 is 11.1 Å². The Morgan fingerprint density at radius 1 is 1.56 bits per heavy atom. The third kappa shape index (κ3) is 4.30. The van der Waals surface area contributed by atoms with E-state index in [0.717, 1.165) is 11.3 Å². The summed E-state index contributed by atoms with van der Waals surface area (Å²) < 4.78 is 5.03. The van der Waals surface area contributed by atoms with Crippen LogP contribution in [0.15, 0.2) is 5.38 Å². The lowest BCUT2D eigenvalue weighted by atomic mass is 10.2. The van der Waals surface area contributed by atoms with Crippen molar-refractivity contribution in [2.75, 3.05) is 5.32 Å². The van der Waals surface area contributed by atoms with Crippen molar-refractivity contribution in [3.8, 4) is 0 Å². The number of carbonyl (C=O) groups is 2. The summed E-state index contributed by atoms with van der Waals surface area (Å²) in [5.74, 6) is -1.18. The number of rotatable bonds is 3. The third-order valence-corrected chi connectivity index (χ3v) is 2.49. The van der Waals surface area contributed by atoms with Gasteiger partial charge in [-0.2, -0.15) is 0 Å². The summed E-state index contributed by atoms with van der Waals surface area (Å²) in [4.78, 5) is 26.0. The number of hydrogen-bond donors (Lipinski definition) is 3. The quantitative estimate of drug-likeness (QED) is 0.770. The molecule has 1 aromatic rings. The third-order valence-electron chi connectivity index (χ3n) is 1.71. The summed E-state index contributed by atoms with van der Waals surface area (Å²) in [6.45, 7) is 5.21. The normalized spacial score (nSPS) is 12.9. The highest BCUT2D eigenvalue weighted by atomic mass is 32.1. The van der Waals surface area contributed by atoms with Crippen LogP contribution in [0, 0.1) is 0 Å². The lowest BCUT2D eigenvalue weighted by Crippen LogP contribution is -2.27. The molecular formula is C10H15N3O4S. The molecule has 0 bridgehead atoms. The number of carboxylic acid groups (broad SMARTS) is 1. The summed E-state index contributed by atoms with van der Waals surface area (Å²) in [7, 11) is 0. The lowest BCUT2D eigenvalue weighted by Gasteiger charge is -2.18. The van der Waals surface area contributed by atoms with Crippen LogP contribution in [0.25, 0.3) is 0 Å². The number of ether oxygens (including phenoxy) is 1. The minimum atomic E-state index is -1.20. The van der Waals surface area contributed by atoms with E-state index in [1.54, 1.807) is 20.8 Å². The Balaban J connectivity index is 2.65. The Morgan fingerprint density at radius 3 is 2.67 bits per heavy atom. The number of carbonyl (C=O) groups excluding carboxylic acids is 1. The van der Waals surface area contributed by atoms with Gasteiger partial charge in [0.15, 0.2) is 5.13 Å². The summed E-state index contributed by atoms with van der Waals surface area (Å²) >= 11 is 1.08. The molecule has 1 rings (SSSR count). The van der Waals surface area contributed by atoms with Crippen molar-refractivity contribution >= 4 is 28.5 Å². The summed E-state index contributed by atoms with van der Waals surface area (Å²) in [6, 6.07) is -1.20. The Labute approximate surface area is 108 Å². The van der Waals surface area contributed by atoms with E-state index in [-0.39, 0.29) is 10.8 Å². The zero-order valence-electron chi connectivity index (χ0n) is 10.3. The standard InChI is InChI=1S/C10H15N3O4S/c1-10(2,3)17-9(16)13-8-12-5(4-18-8)6(11)7(14)15/h4,6H,11H2,1-3H3,(H,14,15)(H,12,13,16)/t6-/m1/s1. The molecule has 7 nitrogen and oxygen atoms in total. The van der Waals surface area contributed by atoms with Gasteiger partial charge in [-0.05, 0) is 20.8 Å². The summed E-state index contributed by atoms with van der Waals surface area (Å²) in [5, 5.41) is 12.8. The van der Waals surface area contributed by atoms with Crippen molar-refractivity contribution in [3.63, 3.8) is 0 Å². The second kappa shape index (κ2) is 5.32. The number of aromatic nitrogens is 1. The van der Waals surface area contributed by atoms with E-state index in [4.69, 9.17) is 15.6 Å². The van der Waals surface area contributed by atoms with Gasteiger partial charge in [-0.25, -0.2) is 9.78 Å². The number of carboxylic acids is 1. The molecule has 1 atom stereocenters. The molecule has 0 saturated heterocycles. The molecule has 100 valence electrons. The zero-order valence-corrected chi connectivity index (χ0v) is 11.1. The predicted octanol–water partition coefficient (Wildman–Crippen LogP) is 1.57. The predicted molar refractivity (Wildman–Crippen MR) is 66.5 cm³/mol. The smallest absolute Gasteiger partial charge is 0.413 e. The summed E-state index contributed by atoms with van der Waals surface area (Å²) in [5.41, 5.74) is 4.97. The van der Waals surface area contributed by atoms with Crippen LogP contribution in [0.2, 0.25) is 0 Å². The van der Waals surface area contributed by atoms with Gasteiger partial charge in [-0.1, -0.05) is 0 Å². The molecule has 0 aliphatic heterocycles. The Kier molecular flexibility index (Phi) is 4.25. The monoisotopic (exact) mass is 273 g/mol. The van der Waals surface area contributed by atoms with Crippen LogP contribution in [0.5, 0.6) is 0 Å². The van der Waals surface area contributed by atoms with Gasteiger partial charge in [-0.3, -0.25) is 10.1 Å². The molecule has 0 aliphatic rings. The molecule has 0 aromatic carbocycles. The van der Waals surface area contributed by atoms with E-state index in [1.807, 2.05) is 0 Å². The van der Waals surface area contributed by atoms with Crippen LogP contribution in [-0.4, -0.2) is 27.8 Å². The first-order chi connectivity index (χ1) is 8.19. The molecule has 8 heteroatoms. The largest absolute Gasteiger partial charge is 0.480 e. The number of hydrogen-bond acceptors (Lipinski definition) is 6. The second-order valence-corrected chi connectivity index (χ2v) is 5.38. The molecule has 1 aromatic heterocycles. The maximum Gasteiger partial charge on any atom is 0.413 e. The fourth-order valence-electron chi connectivity index (χ4n) is 1.00. The van der Waals surface area contributed by atoms with Gasteiger partial charge < -0.3 is 15.6 Å². The molecule has 0 fully saturated rings. The van der Waals surface area contributed by atoms with Crippen LogP contribution in [0.3, 0.4) is 0 Å². The van der Waals surface area contributed by atoms with Gasteiger partial charge in [0, 0.05) is 5.38 Å². The van der Waals surface area contributed by atoms with E-state index < -0.39 is 23.7 Å². The maximum absolute atomic E-state index is 11.4. The molecule has 4 N–H and O–H groups in total. The van der Waals surface area contributed by atoms with E-state index in [1.165, 1.54) is 5.38 Å². The minimum Gasteiger partial charge on any atom is -0.480 e. The Hall–Kier alpha value is -1.67. The number of thiazole rings is 1. The highest BCUT2D eigenvalue weighted by Crippen LogP contribution is 2.20. The van der Waals surface area contributed by atoms with Crippen molar-refractivity contribution < 1.29 is 19.4 Å².